The first kappa shape index (κ1) is 22.2. The minimum atomic E-state index is -1.63. The Morgan fingerprint density at radius 2 is 0.964 bits per heavy atom. The summed E-state index contributed by atoms with van der Waals surface area (Å²) < 4.78 is 25.9. The van der Waals surface area contributed by atoms with Crippen LogP contribution in [0.25, 0.3) is 0 Å². The molecular weight excluding hydrogens is 388 g/mol. The van der Waals surface area contributed by atoms with Crippen molar-refractivity contribution in [2.75, 3.05) is 19.8 Å². The Bertz CT molecular complexity index is 464. The zero-order valence-corrected chi connectivity index (χ0v) is 14.7. The fourth-order valence-electron chi connectivity index (χ4n) is 3.15. The van der Waals surface area contributed by atoms with Gasteiger partial charge in [0.15, 0.2) is 18.9 Å². The highest BCUT2D eigenvalue weighted by Gasteiger charge is 2.47. The van der Waals surface area contributed by atoms with Crippen molar-refractivity contribution in [1.29, 1.82) is 0 Å². The molecule has 3 fully saturated rings. The van der Waals surface area contributed by atoms with Gasteiger partial charge in [0.25, 0.3) is 0 Å². The van der Waals surface area contributed by atoms with E-state index in [4.69, 9.17) is 23.7 Å². The summed E-state index contributed by atoms with van der Waals surface area (Å²) in [5.74, 6) is 0. The van der Waals surface area contributed by atoms with Gasteiger partial charge in [-0.2, -0.15) is 0 Å². The Hall–Kier alpha value is -0.520. The Morgan fingerprint density at radius 1 is 0.500 bits per heavy atom. The van der Waals surface area contributed by atoms with Crippen LogP contribution in [0.2, 0.25) is 0 Å². The SMILES string of the molecule is O[C@@H]1[C@@H](O[C@@H]2CO[C@@H](O)[C@H](O)[C@H]2O)OC[C@@H](O[C@@H]2OC[C@@H](O)[C@H](O)[C@H]2O)[C@H]1O. The molecule has 0 aromatic heterocycles. The molecule has 3 heterocycles. The molecule has 0 aromatic carbocycles. The van der Waals surface area contributed by atoms with E-state index < -0.39 is 73.8 Å². The molecule has 0 bridgehead atoms. The number of hydrogen-bond acceptors (Lipinski definition) is 13. The maximum atomic E-state index is 10.3. The van der Waals surface area contributed by atoms with E-state index in [1.807, 2.05) is 0 Å². The van der Waals surface area contributed by atoms with Crippen molar-refractivity contribution in [2.24, 2.45) is 0 Å². The lowest BCUT2D eigenvalue weighted by molar-refractivity contribution is -0.346. The first-order valence-corrected chi connectivity index (χ1v) is 8.81. The van der Waals surface area contributed by atoms with Crippen LogP contribution in [0.4, 0.5) is 0 Å². The van der Waals surface area contributed by atoms with Gasteiger partial charge in [0.1, 0.15) is 54.9 Å². The second kappa shape index (κ2) is 9.09. The molecule has 28 heavy (non-hydrogen) atoms. The molecule has 13 nitrogen and oxygen atoms in total. The molecule has 0 saturated carbocycles. The zero-order chi connectivity index (χ0) is 20.6. The predicted octanol–water partition coefficient (Wildman–Crippen LogP) is -5.66. The minimum absolute atomic E-state index is 0.287. The monoisotopic (exact) mass is 414 g/mol. The standard InChI is InChI=1S/C15H26O13/c16-4-1-25-14(11(21)7(4)17)28-6-3-26-15(12(22)9(6)19)27-5-2-24-13(23)10(20)8(5)18/h4-23H,1-3H2/t4-,5-,6-,7+,8+,9-,10-,11-,12+,13-,14+,15-/m1/s1. The van der Waals surface area contributed by atoms with Crippen molar-refractivity contribution < 1.29 is 64.5 Å². The maximum absolute atomic E-state index is 10.3. The molecular formula is C15H26O13. The van der Waals surface area contributed by atoms with Crippen LogP contribution in [-0.2, 0) is 23.7 Å². The zero-order valence-electron chi connectivity index (χ0n) is 14.7. The molecule has 12 atom stereocenters. The molecule has 3 aliphatic heterocycles. The molecule has 164 valence electrons. The van der Waals surface area contributed by atoms with E-state index in [2.05, 4.69) is 0 Å². The summed E-state index contributed by atoms with van der Waals surface area (Å²) in [5.41, 5.74) is 0. The van der Waals surface area contributed by atoms with Crippen molar-refractivity contribution >= 4 is 0 Å². The smallest absolute Gasteiger partial charge is 0.186 e. The van der Waals surface area contributed by atoms with Gasteiger partial charge >= 0.3 is 0 Å². The summed E-state index contributed by atoms with van der Waals surface area (Å²) in [4.78, 5) is 0. The van der Waals surface area contributed by atoms with Crippen LogP contribution >= 0.6 is 0 Å². The Morgan fingerprint density at radius 3 is 1.57 bits per heavy atom. The summed E-state index contributed by atoms with van der Waals surface area (Å²) in [7, 11) is 0. The van der Waals surface area contributed by atoms with Crippen molar-refractivity contribution in [3.05, 3.63) is 0 Å². The van der Waals surface area contributed by atoms with E-state index in [1.54, 1.807) is 0 Å². The molecule has 0 aliphatic carbocycles. The molecule has 0 amide bonds. The minimum Gasteiger partial charge on any atom is -0.388 e. The highest BCUT2D eigenvalue weighted by molar-refractivity contribution is 4.89. The molecule has 0 radical (unpaired) electrons. The summed E-state index contributed by atoms with van der Waals surface area (Å²) in [6, 6.07) is 0. The Kier molecular flexibility index (Phi) is 7.20. The quantitative estimate of drug-likeness (QED) is 0.216. The topological polar surface area (TPSA) is 208 Å². The van der Waals surface area contributed by atoms with Crippen LogP contribution < -0.4 is 0 Å². The number of aliphatic hydroxyl groups is 8. The van der Waals surface area contributed by atoms with Gasteiger partial charge in [-0.25, -0.2) is 0 Å². The lowest BCUT2D eigenvalue weighted by Crippen LogP contribution is -2.61. The molecule has 13 heteroatoms. The van der Waals surface area contributed by atoms with E-state index >= 15 is 0 Å². The number of aliphatic hydroxyl groups excluding tert-OH is 8. The Labute approximate surface area is 159 Å². The molecule has 3 aliphatic rings. The molecule has 0 aromatic rings. The summed E-state index contributed by atoms with van der Waals surface area (Å²) in [5, 5.41) is 78.3. The van der Waals surface area contributed by atoms with Gasteiger partial charge in [-0.3, -0.25) is 0 Å². The normalized spacial score (nSPS) is 53.1. The van der Waals surface area contributed by atoms with E-state index in [9.17, 15) is 40.9 Å². The lowest BCUT2D eigenvalue weighted by atomic mass is 10.0. The fraction of sp³-hybridized carbons (Fsp3) is 1.00. The lowest BCUT2D eigenvalue weighted by Gasteiger charge is -2.43. The van der Waals surface area contributed by atoms with E-state index in [1.165, 1.54) is 0 Å². The van der Waals surface area contributed by atoms with Crippen LogP contribution in [0.15, 0.2) is 0 Å². The second-order valence-electron chi connectivity index (χ2n) is 6.99. The highest BCUT2D eigenvalue weighted by Crippen LogP contribution is 2.26. The van der Waals surface area contributed by atoms with Gasteiger partial charge in [0.05, 0.1) is 19.8 Å². The van der Waals surface area contributed by atoms with Gasteiger partial charge in [-0.05, 0) is 0 Å². The molecule has 8 N–H and O–H groups in total. The van der Waals surface area contributed by atoms with Gasteiger partial charge in [0.2, 0.25) is 0 Å². The van der Waals surface area contributed by atoms with E-state index in [0.29, 0.717) is 0 Å². The van der Waals surface area contributed by atoms with Crippen molar-refractivity contribution in [3.8, 4) is 0 Å². The number of ether oxygens (including phenoxy) is 5. The first-order valence-electron chi connectivity index (χ1n) is 8.81. The van der Waals surface area contributed by atoms with E-state index in [0.717, 1.165) is 0 Å². The Balaban J connectivity index is 1.54. The molecule has 0 spiro atoms. The summed E-state index contributed by atoms with van der Waals surface area (Å²) in [6.45, 7) is -0.887. The third-order valence-electron chi connectivity index (χ3n) is 4.96. The van der Waals surface area contributed by atoms with Gasteiger partial charge in [-0.15, -0.1) is 0 Å². The van der Waals surface area contributed by atoms with Crippen LogP contribution in [-0.4, -0.2) is 134 Å². The number of hydrogen-bond donors (Lipinski definition) is 8. The van der Waals surface area contributed by atoms with Crippen molar-refractivity contribution in [2.45, 2.75) is 73.8 Å². The van der Waals surface area contributed by atoms with Gasteiger partial charge in [0, 0.05) is 0 Å². The second-order valence-corrected chi connectivity index (χ2v) is 6.99. The third-order valence-corrected chi connectivity index (χ3v) is 4.96. The highest BCUT2D eigenvalue weighted by atomic mass is 16.7. The van der Waals surface area contributed by atoms with Crippen LogP contribution in [0, 0.1) is 0 Å². The van der Waals surface area contributed by atoms with Crippen LogP contribution in [0.5, 0.6) is 0 Å². The van der Waals surface area contributed by atoms with Crippen LogP contribution in [0.1, 0.15) is 0 Å². The predicted molar refractivity (Wildman–Crippen MR) is 83.2 cm³/mol. The largest absolute Gasteiger partial charge is 0.388 e. The molecule has 3 rings (SSSR count). The van der Waals surface area contributed by atoms with Crippen LogP contribution in [0.3, 0.4) is 0 Å². The average Bonchev–Trinajstić information content (AvgIpc) is 2.68. The fourth-order valence-corrected chi connectivity index (χ4v) is 3.15. The summed E-state index contributed by atoms with van der Waals surface area (Å²) >= 11 is 0. The first-order chi connectivity index (χ1) is 13.2. The molecule has 0 unspecified atom stereocenters. The third kappa shape index (κ3) is 4.46. The van der Waals surface area contributed by atoms with Crippen molar-refractivity contribution in [1.82, 2.24) is 0 Å². The van der Waals surface area contributed by atoms with Gasteiger partial charge in [-0.1, -0.05) is 0 Å². The average molecular weight is 414 g/mol. The van der Waals surface area contributed by atoms with Gasteiger partial charge < -0.3 is 64.5 Å². The number of rotatable bonds is 4. The maximum Gasteiger partial charge on any atom is 0.186 e. The van der Waals surface area contributed by atoms with Crippen molar-refractivity contribution in [3.63, 3.8) is 0 Å². The summed E-state index contributed by atoms with van der Waals surface area (Å²) in [6.07, 6.45) is -17.3. The molecule has 3 saturated heterocycles. The van der Waals surface area contributed by atoms with E-state index in [-0.39, 0.29) is 19.8 Å².